The fourth-order valence-corrected chi connectivity index (χ4v) is 2.16. The maximum absolute atomic E-state index is 12.8. The van der Waals surface area contributed by atoms with E-state index in [2.05, 4.69) is 9.97 Å². The molecular weight excluding hydrogens is 293 g/mol. The van der Waals surface area contributed by atoms with Crippen molar-refractivity contribution < 1.29 is 13.2 Å². The second kappa shape index (κ2) is 4.87. The van der Waals surface area contributed by atoms with Gasteiger partial charge in [0.25, 0.3) is 0 Å². The number of aromatic nitrogens is 2. The minimum absolute atomic E-state index is 0.106. The maximum atomic E-state index is 12.8. The molecule has 1 aromatic heterocycles. The van der Waals surface area contributed by atoms with Crippen LogP contribution in [0.1, 0.15) is 5.56 Å². The van der Waals surface area contributed by atoms with Crippen molar-refractivity contribution in [2.45, 2.75) is 6.18 Å². The average Bonchev–Trinajstić information content (AvgIpc) is 2.47. The number of nitrogen functional groups attached to an aromatic ring is 2. The van der Waals surface area contributed by atoms with Crippen LogP contribution in [0.15, 0.2) is 42.5 Å². The summed E-state index contributed by atoms with van der Waals surface area (Å²) in [4.78, 5) is 8.33. The molecule has 0 aliphatic rings. The molecule has 22 heavy (non-hydrogen) atoms. The largest absolute Gasteiger partial charge is 0.416 e. The third kappa shape index (κ3) is 2.41. The Labute approximate surface area is 123 Å². The highest BCUT2D eigenvalue weighted by atomic mass is 19.4. The van der Waals surface area contributed by atoms with Crippen LogP contribution in [0, 0.1) is 0 Å². The summed E-state index contributed by atoms with van der Waals surface area (Å²) in [6, 6.07) is 9.83. The second-order valence-corrected chi connectivity index (χ2v) is 4.75. The number of hydrogen-bond acceptors (Lipinski definition) is 4. The van der Waals surface area contributed by atoms with Gasteiger partial charge in [0.1, 0.15) is 5.82 Å². The van der Waals surface area contributed by atoms with Crippen LogP contribution in [-0.2, 0) is 6.18 Å². The average molecular weight is 304 g/mol. The number of hydrogen-bond donors (Lipinski definition) is 2. The van der Waals surface area contributed by atoms with Crippen molar-refractivity contribution in [1.29, 1.82) is 0 Å². The zero-order valence-electron chi connectivity index (χ0n) is 11.2. The summed E-state index contributed by atoms with van der Waals surface area (Å²) in [5.74, 6) is 0.277. The molecule has 4 N–H and O–H groups in total. The molecule has 0 atom stereocenters. The predicted molar refractivity (Wildman–Crippen MR) is 78.8 cm³/mol. The van der Waals surface area contributed by atoms with E-state index < -0.39 is 11.7 Å². The smallest absolute Gasteiger partial charge is 0.397 e. The third-order valence-corrected chi connectivity index (χ3v) is 3.24. The molecular formula is C15H11F3N4. The van der Waals surface area contributed by atoms with Crippen LogP contribution in [0.3, 0.4) is 0 Å². The summed E-state index contributed by atoms with van der Waals surface area (Å²) in [6.45, 7) is 0. The zero-order valence-corrected chi connectivity index (χ0v) is 11.2. The van der Waals surface area contributed by atoms with E-state index in [1.54, 1.807) is 18.2 Å². The first kappa shape index (κ1) is 14.1. The number of anilines is 2. The molecule has 3 rings (SSSR count). The van der Waals surface area contributed by atoms with E-state index in [0.717, 1.165) is 12.1 Å². The number of fused-ring (bicyclic) bond motifs is 1. The van der Waals surface area contributed by atoms with Crippen molar-refractivity contribution in [1.82, 2.24) is 9.97 Å². The van der Waals surface area contributed by atoms with Gasteiger partial charge in [-0.3, -0.25) is 0 Å². The third-order valence-electron chi connectivity index (χ3n) is 3.24. The molecule has 0 radical (unpaired) electrons. The molecule has 0 saturated heterocycles. The molecule has 0 aliphatic carbocycles. The molecule has 7 heteroatoms. The fourth-order valence-electron chi connectivity index (χ4n) is 2.16. The lowest BCUT2D eigenvalue weighted by molar-refractivity contribution is -0.137. The predicted octanol–water partition coefficient (Wildman–Crippen LogP) is 3.48. The van der Waals surface area contributed by atoms with Crippen LogP contribution in [0.4, 0.5) is 24.7 Å². The molecule has 0 saturated carbocycles. The molecule has 112 valence electrons. The Bertz CT molecular complexity index is 859. The number of rotatable bonds is 1. The zero-order chi connectivity index (χ0) is 15.9. The molecule has 1 heterocycles. The van der Waals surface area contributed by atoms with E-state index in [-0.39, 0.29) is 17.2 Å². The summed E-state index contributed by atoms with van der Waals surface area (Å²) < 4.78 is 38.4. The van der Waals surface area contributed by atoms with Crippen LogP contribution in [0.2, 0.25) is 0 Å². The first-order valence-corrected chi connectivity index (χ1v) is 6.35. The molecule has 0 amide bonds. The monoisotopic (exact) mass is 304 g/mol. The minimum atomic E-state index is -4.43. The maximum Gasteiger partial charge on any atom is 0.416 e. The number of alkyl halides is 3. The molecule has 4 nitrogen and oxygen atoms in total. The highest BCUT2D eigenvalue weighted by molar-refractivity contribution is 5.96. The van der Waals surface area contributed by atoms with Crippen LogP contribution in [0.5, 0.6) is 0 Å². The van der Waals surface area contributed by atoms with Crippen LogP contribution in [0.25, 0.3) is 22.3 Å². The van der Waals surface area contributed by atoms with Gasteiger partial charge in [0.15, 0.2) is 5.82 Å². The Morgan fingerprint density at radius 1 is 0.909 bits per heavy atom. The van der Waals surface area contributed by atoms with Crippen LogP contribution in [-0.4, -0.2) is 9.97 Å². The standard InChI is InChI=1S/C15H11F3N4/c16-15(17,18)9-4-1-3-8(7-9)14-21-12-10(13(20)22-14)5-2-6-11(12)19/h1-7H,19H2,(H2,20,21,22). The van der Waals surface area contributed by atoms with E-state index >= 15 is 0 Å². The van der Waals surface area contributed by atoms with Gasteiger partial charge in [-0.1, -0.05) is 18.2 Å². The van der Waals surface area contributed by atoms with E-state index in [4.69, 9.17) is 11.5 Å². The van der Waals surface area contributed by atoms with E-state index in [9.17, 15) is 13.2 Å². The summed E-state index contributed by atoms with van der Waals surface area (Å²) >= 11 is 0. The number of benzene rings is 2. The van der Waals surface area contributed by atoms with Crippen LogP contribution < -0.4 is 11.5 Å². The highest BCUT2D eigenvalue weighted by Gasteiger charge is 2.30. The topological polar surface area (TPSA) is 77.8 Å². The lowest BCUT2D eigenvalue weighted by Gasteiger charge is -2.10. The summed E-state index contributed by atoms with van der Waals surface area (Å²) in [5.41, 5.74) is 12.0. The van der Waals surface area contributed by atoms with Gasteiger partial charge in [0.2, 0.25) is 0 Å². The Morgan fingerprint density at radius 3 is 2.36 bits per heavy atom. The quantitative estimate of drug-likeness (QED) is 0.675. The first-order valence-electron chi connectivity index (χ1n) is 6.35. The Hall–Kier alpha value is -2.83. The molecule has 0 aliphatic heterocycles. The van der Waals surface area contributed by atoms with Gasteiger partial charge < -0.3 is 11.5 Å². The van der Waals surface area contributed by atoms with Gasteiger partial charge in [-0.25, -0.2) is 9.97 Å². The van der Waals surface area contributed by atoms with E-state index in [0.29, 0.717) is 16.6 Å². The minimum Gasteiger partial charge on any atom is -0.397 e. The van der Waals surface area contributed by atoms with Crippen molar-refractivity contribution >= 4 is 22.4 Å². The number of halogens is 3. The molecule has 0 fully saturated rings. The van der Waals surface area contributed by atoms with Crippen LogP contribution >= 0.6 is 0 Å². The molecule has 2 aromatic carbocycles. The number of nitrogens with two attached hydrogens (primary N) is 2. The lowest BCUT2D eigenvalue weighted by atomic mass is 10.1. The van der Waals surface area contributed by atoms with Gasteiger partial charge in [-0.2, -0.15) is 13.2 Å². The van der Waals surface area contributed by atoms with Gasteiger partial charge in [0, 0.05) is 10.9 Å². The summed E-state index contributed by atoms with van der Waals surface area (Å²) in [7, 11) is 0. The fraction of sp³-hybridized carbons (Fsp3) is 0.0667. The summed E-state index contributed by atoms with van der Waals surface area (Å²) in [5, 5.41) is 0.565. The van der Waals surface area contributed by atoms with Crippen molar-refractivity contribution in [3.05, 3.63) is 48.0 Å². The van der Waals surface area contributed by atoms with E-state index in [1.165, 1.54) is 12.1 Å². The van der Waals surface area contributed by atoms with Gasteiger partial charge in [-0.05, 0) is 24.3 Å². The Kier molecular flexibility index (Phi) is 3.13. The van der Waals surface area contributed by atoms with Crippen molar-refractivity contribution in [2.75, 3.05) is 11.5 Å². The number of nitrogens with zero attached hydrogens (tertiary/aromatic N) is 2. The highest BCUT2D eigenvalue weighted by Crippen LogP contribution is 2.32. The Morgan fingerprint density at radius 2 is 1.64 bits per heavy atom. The van der Waals surface area contributed by atoms with Gasteiger partial charge in [0.05, 0.1) is 16.8 Å². The summed E-state index contributed by atoms with van der Waals surface area (Å²) in [6.07, 6.45) is -4.43. The second-order valence-electron chi connectivity index (χ2n) is 4.75. The molecule has 3 aromatic rings. The normalized spacial score (nSPS) is 11.8. The number of para-hydroxylation sites is 1. The van der Waals surface area contributed by atoms with Crippen molar-refractivity contribution in [3.8, 4) is 11.4 Å². The van der Waals surface area contributed by atoms with Gasteiger partial charge >= 0.3 is 6.18 Å². The van der Waals surface area contributed by atoms with Gasteiger partial charge in [-0.15, -0.1) is 0 Å². The molecule has 0 spiro atoms. The van der Waals surface area contributed by atoms with Crippen molar-refractivity contribution in [3.63, 3.8) is 0 Å². The molecule has 0 bridgehead atoms. The van der Waals surface area contributed by atoms with Crippen molar-refractivity contribution in [2.24, 2.45) is 0 Å². The Balaban J connectivity index is 2.21. The first-order chi connectivity index (χ1) is 10.4. The van der Waals surface area contributed by atoms with E-state index in [1.807, 2.05) is 0 Å². The SMILES string of the molecule is Nc1nc(-c2cccc(C(F)(F)F)c2)nc2c(N)cccc12. The molecule has 0 unspecified atom stereocenters. The lowest BCUT2D eigenvalue weighted by Crippen LogP contribution is -2.05.